The largest absolute Gasteiger partial charge is 0.466 e. The molecule has 0 unspecified atom stereocenters. The van der Waals surface area contributed by atoms with E-state index in [4.69, 9.17) is 21.3 Å². The molecule has 2 aromatic carbocycles. The zero-order valence-corrected chi connectivity index (χ0v) is 24.1. The fourth-order valence-electron chi connectivity index (χ4n) is 5.88. The van der Waals surface area contributed by atoms with Crippen molar-refractivity contribution in [2.75, 3.05) is 25.0 Å². The maximum Gasteiger partial charge on any atom is 0.306 e. The van der Waals surface area contributed by atoms with Gasteiger partial charge in [-0.2, -0.15) is 0 Å². The van der Waals surface area contributed by atoms with Gasteiger partial charge in [0.05, 0.1) is 23.5 Å². The lowest BCUT2D eigenvalue weighted by atomic mass is 9.79. The summed E-state index contributed by atoms with van der Waals surface area (Å²) in [5.41, 5.74) is 3.32. The summed E-state index contributed by atoms with van der Waals surface area (Å²) in [5, 5.41) is 3.89. The van der Waals surface area contributed by atoms with Gasteiger partial charge in [-0.05, 0) is 80.7 Å². The molecule has 1 saturated heterocycles. The van der Waals surface area contributed by atoms with E-state index in [1.54, 1.807) is 18.3 Å². The number of benzene rings is 2. The van der Waals surface area contributed by atoms with Gasteiger partial charge in [0, 0.05) is 37.0 Å². The summed E-state index contributed by atoms with van der Waals surface area (Å²) in [6.07, 6.45) is 7.16. The third-order valence-corrected chi connectivity index (χ3v) is 8.43. The second-order valence-electron chi connectivity index (χ2n) is 10.9. The minimum atomic E-state index is -0.274. The van der Waals surface area contributed by atoms with Crippen LogP contribution in [0.4, 0.5) is 10.3 Å². The van der Waals surface area contributed by atoms with Crippen LogP contribution in [0, 0.1) is 17.7 Å². The number of hydrogen-bond donors (Lipinski definition) is 1. The number of piperidine rings is 1. The highest BCUT2D eigenvalue weighted by molar-refractivity contribution is 6.32. The first kappa shape index (κ1) is 29.0. The first-order valence-electron chi connectivity index (χ1n) is 14.5. The molecular weight excluding hydrogens is 543 g/mol. The molecule has 1 aliphatic carbocycles. The van der Waals surface area contributed by atoms with Crippen molar-refractivity contribution in [3.63, 3.8) is 0 Å². The molecule has 1 saturated carbocycles. The Morgan fingerprint density at radius 1 is 1.00 bits per heavy atom. The van der Waals surface area contributed by atoms with Crippen molar-refractivity contribution in [3.8, 4) is 22.4 Å². The van der Waals surface area contributed by atoms with E-state index < -0.39 is 0 Å². The summed E-state index contributed by atoms with van der Waals surface area (Å²) >= 11 is 6.50. The highest BCUT2D eigenvalue weighted by Gasteiger charge is 2.32. The number of nitrogens with one attached hydrogen (secondary N) is 1. The number of aromatic nitrogens is 2. The molecule has 0 radical (unpaired) electrons. The lowest BCUT2D eigenvalue weighted by Gasteiger charge is -2.36. The van der Waals surface area contributed by atoms with E-state index in [1.165, 1.54) is 12.1 Å². The Kier molecular flexibility index (Phi) is 9.49. The smallest absolute Gasteiger partial charge is 0.306 e. The van der Waals surface area contributed by atoms with Crippen LogP contribution in [0.25, 0.3) is 22.4 Å². The third-order valence-electron chi connectivity index (χ3n) is 8.15. The summed E-state index contributed by atoms with van der Waals surface area (Å²) in [6.45, 7) is 3.62. The zero-order valence-electron chi connectivity index (χ0n) is 23.3. The number of likely N-dealkylation sites (tertiary alicyclic amines) is 1. The molecule has 1 aromatic heterocycles. The van der Waals surface area contributed by atoms with Crippen LogP contribution in [-0.4, -0.2) is 52.5 Å². The number of halogens is 2. The van der Waals surface area contributed by atoms with E-state index in [-0.39, 0.29) is 29.7 Å². The normalized spacial score (nSPS) is 19.5. The minimum absolute atomic E-state index is 0.0470. The molecule has 0 bridgehead atoms. The molecule has 0 spiro atoms. The van der Waals surface area contributed by atoms with Gasteiger partial charge >= 0.3 is 5.97 Å². The van der Waals surface area contributed by atoms with Gasteiger partial charge in [0.25, 0.3) is 0 Å². The Hall–Kier alpha value is -3.52. The van der Waals surface area contributed by atoms with E-state index in [1.807, 2.05) is 36.1 Å². The maximum absolute atomic E-state index is 13.4. The van der Waals surface area contributed by atoms with Crippen molar-refractivity contribution >= 4 is 29.4 Å². The molecule has 41 heavy (non-hydrogen) atoms. The van der Waals surface area contributed by atoms with E-state index >= 15 is 0 Å². The number of hydrogen-bond acceptors (Lipinski definition) is 6. The van der Waals surface area contributed by atoms with Gasteiger partial charge in [0.1, 0.15) is 5.82 Å². The van der Waals surface area contributed by atoms with Crippen LogP contribution in [0.1, 0.15) is 51.9 Å². The molecule has 3 aromatic rings. The number of nitrogens with zero attached hydrogens (tertiary/aromatic N) is 3. The van der Waals surface area contributed by atoms with E-state index in [0.29, 0.717) is 48.7 Å². The van der Waals surface area contributed by atoms with E-state index in [2.05, 4.69) is 10.3 Å². The van der Waals surface area contributed by atoms with Gasteiger partial charge < -0.3 is 15.0 Å². The van der Waals surface area contributed by atoms with Gasteiger partial charge in [0.2, 0.25) is 11.9 Å². The van der Waals surface area contributed by atoms with Crippen molar-refractivity contribution in [1.29, 1.82) is 0 Å². The predicted molar refractivity (Wildman–Crippen MR) is 158 cm³/mol. The van der Waals surface area contributed by atoms with Crippen molar-refractivity contribution < 1.29 is 18.7 Å². The molecule has 1 aliphatic heterocycles. The van der Waals surface area contributed by atoms with E-state index in [0.717, 1.165) is 55.2 Å². The first-order valence-corrected chi connectivity index (χ1v) is 14.9. The standard InChI is InChI=1S/C32H36ClFN4O3/c1-2-41-29(39)18-21-6-8-23(9-7-21)31(40)38-16-14-27(15-17-38)36-32-35-20-28(33)30(37-32)25-5-3-4-24(19-25)22-10-12-26(34)13-11-22/h3-5,10-13,19-21,23,27H,2,6-9,14-18H2,1H3,(H,35,36,37)/t21-,23-. The zero-order chi connectivity index (χ0) is 28.8. The van der Waals surface area contributed by atoms with Gasteiger partial charge in [-0.3, -0.25) is 9.59 Å². The fraction of sp³-hybridized carbons (Fsp3) is 0.438. The van der Waals surface area contributed by atoms with Gasteiger partial charge in [-0.1, -0.05) is 41.9 Å². The van der Waals surface area contributed by atoms with Gasteiger partial charge in [-0.25, -0.2) is 14.4 Å². The summed E-state index contributed by atoms with van der Waals surface area (Å²) in [7, 11) is 0. The number of ether oxygens (including phenoxy) is 1. The number of esters is 1. The molecular formula is C32H36ClFN4O3. The molecule has 0 atom stereocenters. The summed E-state index contributed by atoms with van der Waals surface area (Å²) in [4.78, 5) is 36.1. The van der Waals surface area contributed by atoms with Crippen LogP contribution in [0.2, 0.25) is 5.02 Å². The summed E-state index contributed by atoms with van der Waals surface area (Å²) in [5.74, 6) is 0.704. The highest BCUT2D eigenvalue weighted by Crippen LogP contribution is 2.33. The number of carbonyl (C=O) groups excluding carboxylic acids is 2. The van der Waals surface area contributed by atoms with Crippen LogP contribution in [0.5, 0.6) is 0 Å². The fourth-order valence-corrected chi connectivity index (χ4v) is 6.08. The SMILES string of the molecule is CCOC(=O)C[C@H]1CC[C@H](C(=O)N2CCC(Nc3ncc(Cl)c(-c4cccc(-c5ccc(F)cc5)c4)n3)CC2)CC1. The lowest BCUT2D eigenvalue weighted by Crippen LogP contribution is -2.45. The molecule has 216 valence electrons. The van der Waals surface area contributed by atoms with Crippen LogP contribution < -0.4 is 5.32 Å². The monoisotopic (exact) mass is 578 g/mol. The van der Waals surface area contributed by atoms with Gasteiger partial charge in [0.15, 0.2) is 0 Å². The van der Waals surface area contributed by atoms with Crippen molar-refractivity contribution in [2.24, 2.45) is 11.8 Å². The second kappa shape index (κ2) is 13.4. The molecule has 5 rings (SSSR count). The number of amides is 1. The molecule has 2 heterocycles. The number of rotatable bonds is 8. The Labute approximate surface area is 245 Å². The molecule has 7 nitrogen and oxygen atoms in total. The Morgan fingerprint density at radius 2 is 1.71 bits per heavy atom. The maximum atomic E-state index is 13.4. The van der Waals surface area contributed by atoms with Crippen molar-refractivity contribution in [2.45, 2.75) is 57.9 Å². The lowest BCUT2D eigenvalue weighted by molar-refractivity contribution is -0.144. The molecule has 2 fully saturated rings. The first-order chi connectivity index (χ1) is 19.9. The molecule has 1 amide bonds. The van der Waals surface area contributed by atoms with Crippen LogP contribution in [0.15, 0.2) is 54.7 Å². The third kappa shape index (κ3) is 7.41. The minimum Gasteiger partial charge on any atom is -0.466 e. The van der Waals surface area contributed by atoms with Crippen LogP contribution in [-0.2, 0) is 14.3 Å². The quantitative estimate of drug-likeness (QED) is 0.297. The van der Waals surface area contributed by atoms with Crippen molar-refractivity contribution in [3.05, 3.63) is 65.6 Å². The summed E-state index contributed by atoms with van der Waals surface area (Å²) < 4.78 is 18.5. The second-order valence-corrected chi connectivity index (χ2v) is 11.4. The Morgan fingerprint density at radius 3 is 2.41 bits per heavy atom. The average molecular weight is 579 g/mol. The van der Waals surface area contributed by atoms with Crippen LogP contribution >= 0.6 is 11.6 Å². The Bertz CT molecular complexity index is 1350. The summed E-state index contributed by atoms with van der Waals surface area (Å²) in [6, 6.07) is 14.4. The topological polar surface area (TPSA) is 84.4 Å². The Balaban J connectivity index is 1.15. The van der Waals surface area contributed by atoms with E-state index in [9.17, 15) is 14.0 Å². The van der Waals surface area contributed by atoms with Crippen LogP contribution in [0.3, 0.4) is 0 Å². The predicted octanol–water partition coefficient (Wildman–Crippen LogP) is 6.77. The molecule has 9 heteroatoms. The number of carbonyl (C=O) groups is 2. The average Bonchev–Trinajstić information content (AvgIpc) is 2.99. The van der Waals surface area contributed by atoms with Crippen molar-refractivity contribution in [1.82, 2.24) is 14.9 Å². The van der Waals surface area contributed by atoms with Gasteiger partial charge in [-0.15, -0.1) is 0 Å². The molecule has 1 N–H and O–H groups in total. The highest BCUT2D eigenvalue weighted by atomic mass is 35.5. The molecule has 2 aliphatic rings. The number of anilines is 1.